The van der Waals surface area contributed by atoms with Crippen LogP contribution in [0.3, 0.4) is 0 Å². The quantitative estimate of drug-likeness (QED) is 0.425. The molecule has 1 aliphatic carbocycles. The first-order chi connectivity index (χ1) is 4.29. The largest absolute Gasteiger partial charge is 0.390 e. The summed E-state index contributed by atoms with van der Waals surface area (Å²) >= 11 is 0. The molecule has 0 aromatic rings. The van der Waals surface area contributed by atoms with Gasteiger partial charge >= 0.3 is 0 Å². The van der Waals surface area contributed by atoms with E-state index in [2.05, 4.69) is 0 Å². The third-order valence-electron chi connectivity index (χ3n) is 2.10. The molecule has 52 valence electrons. The highest BCUT2D eigenvalue weighted by atomic mass is 16.6. The zero-order valence-electron chi connectivity index (χ0n) is 5.03. The first kappa shape index (κ1) is 5.65. The number of aliphatic hydroxyl groups is 2. The first-order valence-corrected chi connectivity index (χ1v) is 3.30. The van der Waals surface area contributed by atoms with Crippen molar-refractivity contribution < 1.29 is 14.9 Å². The van der Waals surface area contributed by atoms with Gasteiger partial charge in [-0.25, -0.2) is 0 Å². The van der Waals surface area contributed by atoms with E-state index < -0.39 is 12.2 Å². The molecule has 0 amide bonds. The summed E-state index contributed by atoms with van der Waals surface area (Å²) in [5.41, 5.74) is 0. The fourth-order valence-corrected chi connectivity index (χ4v) is 1.41. The Morgan fingerprint density at radius 1 is 1.22 bits per heavy atom. The molecule has 2 aliphatic rings. The van der Waals surface area contributed by atoms with Crippen LogP contribution in [0.5, 0.6) is 0 Å². The lowest BCUT2D eigenvalue weighted by atomic mass is 9.95. The third-order valence-corrected chi connectivity index (χ3v) is 2.10. The van der Waals surface area contributed by atoms with Crippen molar-refractivity contribution in [3.05, 3.63) is 0 Å². The summed E-state index contributed by atoms with van der Waals surface area (Å²) in [5.74, 6) is 0. The number of aliphatic hydroxyl groups excluding tert-OH is 2. The normalized spacial score (nSPS) is 56.7. The molecule has 4 unspecified atom stereocenters. The Morgan fingerprint density at radius 2 is 2.00 bits per heavy atom. The molecule has 1 aliphatic heterocycles. The third kappa shape index (κ3) is 0.764. The van der Waals surface area contributed by atoms with E-state index >= 15 is 0 Å². The fourth-order valence-electron chi connectivity index (χ4n) is 1.41. The van der Waals surface area contributed by atoms with Crippen molar-refractivity contribution >= 4 is 0 Å². The smallest absolute Gasteiger partial charge is 0.112 e. The molecule has 1 saturated carbocycles. The summed E-state index contributed by atoms with van der Waals surface area (Å²) in [6, 6.07) is 0. The second-order valence-electron chi connectivity index (χ2n) is 2.77. The molecule has 0 bridgehead atoms. The maximum Gasteiger partial charge on any atom is 0.112 e. The van der Waals surface area contributed by atoms with Crippen LogP contribution in [0.1, 0.15) is 12.8 Å². The number of ether oxygens (including phenoxy) is 1. The van der Waals surface area contributed by atoms with E-state index in [4.69, 9.17) is 14.9 Å². The van der Waals surface area contributed by atoms with E-state index in [1.165, 1.54) is 0 Å². The van der Waals surface area contributed by atoms with Gasteiger partial charge < -0.3 is 14.9 Å². The lowest BCUT2D eigenvalue weighted by Gasteiger charge is -2.18. The van der Waals surface area contributed by atoms with Crippen molar-refractivity contribution in [1.82, 2.24) is 0 Å². The van der Waals surface area contributed by atoms with Crippen LogP contribution in [0.25, 0.3) is 0 Å². The average molecular weight is 130 g/mol. The van der Waals surface area contributed by atoms with Gasteiger partial charge in [0.05, 0.1) is 12.2 Å². The van der Waals surface area contributed by atoms with Gasteiger partial charge in [-0.1, -0.05) is 0 Å². The highest BCUT2D eigenvalue weighted by Gasteiger charge is 2.50. The van der Waals surface area contributed by atoms with Crippen LogP contribution in [-0.2, 0) is 4.74 Å². The second-order valence-corrected chi connectivity index (χ2v) is 2.77. The SMILES string of the molecule is OC1CCC2OC2C1O. The van der Waals surface area contributed by atoms with Crippen molar-refractivity contribution in [2.24, 2.45) is 0 Å². The van der Waals surface area contributed by atoms with Gasteiger partial charge in [-0.05, 0) is 12.8 Å². The summed E-state index contributed by atoms with van der Waals surface area (Å²) in [4.78, 5) is 0. The lowest BCUT2D eigenvalue weighted by Crippen LogP contribution is -2.35. The molecule has 4 atom stereocenters. The van der Waals surface area contributed by atoms with Crippen LogP contribution in [0.4, 0.5) is 0 Å². The van der Waals surface area contributed by atoms with Gasteiger partial charge in [0, 0.05) is 0 Å². The second kappa shape index (κ2) is 1.68. The van der Waals surface area contributed by atoms with E-state index in [1.54, 1.807) is 0 Å². The first-order valence-electron chi connectivity index (χ1n) is 3.30. The van der Waals surface area contributed by atoms with Gasteiger partial charge in [-0.15, -0.1) is 0 Å². The van der Waals surface area contributed by atoms with Gasteiger partial charge in [-0.3, -0.25) is 0 Å². The molecule has 1 heterocycles. The topological polar surface area (TPSA) is 53.0 Å². The molecule has 2 rings (SSSR count). The summed E-state index contributed by atoms with van der Waals surface area (Å²) in [6.45, 7) is 0. The van der Waals surface area contributed by atoms with Crippen LogP contribution < -0.4 is 0 Å². The predicted molar refractivity (Wildman–Crippen MR) is 29.9 cm³/mol. The number of hydrogen-bond donors (Lipinski definition) is 2. The molecule has 0 aromatic carbocycles. The van der Waals surface area contributed by atoms with Gasteiger partial charge in [0.2, 0.25) is 0 Å². The number of epoxide rings is 1. The summed E-state index contributed by atoms with van der Waals surface area (Å²) in [7, 11) is 0. The summed E-state index contributed by atoms with van der Waals surface area (Å²) in [5, 5.41) is 18.2. The Labute approximate surface area is 53.3 Å². The Kier molecular flexibility index (Phi) is 1.06. The van der Waals surface area contributed by atoms with Gasteiger partial charge in [0.25, 0.3) is 0 Å². The Morgan fingerprint density at radius 3 is 2.67 bits per heavy atom. The van der Waals surface area contributed by atoms with E-state index in [-0.39, 0.29) is 12.2 Å². The molecule has 1 saturated heterocycles. The van der Waals surface area contributed by atoms with Gasteiger partial charge in [0.15, 0.2) is 0 Å². The van der Waals surface area contributed by atoms with E-state index in [9.17, 15) is 0 Å². The predicted octanol–water partition coefficient (Wildman–Crippen LogP) is -0.731. The molecule has 0 aromatic heterocycles. The number of rotatable bonds is 0. The minimum absolute atomic E-state index is 0.0475. The molecule has 0 radical (unpaired) electrons. The molecule has 9 heavy (non-hydrogen) atoms. The van der Waals surface area contributed by atoms with Crippen LogP contribution in [0, 0.1) is 0 Å². The Balaban J connectivity index is 2.02. The van der Waals surface area contributed by atoms with Crippen LogP contribution in [0.2, 0.25) is 0 Å². The van der Waals surface area contributed by atoms with Crippen LogP contribution in [0.15, 0.2) is 0 Å². The van der Waals surface area contributed by atoms with Crippen LogP contribution >= 0.6 is 0 Å². The minimum atomic E-state index is -0.622. The molecule has 2 fully saturated rings. The van der Waals surface area contributed by atoms with Crippen molar-refractivity contribution in [3.63, 3.8) is 0 Å². The lowest BCUT2D eigenvalue weighted by molar-refractivity contribution is -0.00546. The Hall–Kier alpha value is -0.120. The highest BCUT2D eigenvalue weighted by Crippen LogP contribution is 2.36. The summed E-state index contributed by atoms with van der Waals surface area (Å²) < 4.78 is 5.05. The number of hydrogen-bond acceptors (Lipinski definition) is 3. The minimum Gasteiger partial charge on any atom is -0.390 e. The van der Waals surface area contributed by atoms with Gasteiger partial charge in [-0.2, -0.15) is 0 Å². The van der Waals surface area contributed by atoms with E-state index in [0.717, 1.165) is 6.42 Å². The highest BCUT2D eigenvalue weighted by molar-refractivity contribution is 4.98. The summed E-state index contributed by atoms with van der Waals surface area (Å²) in [6.07, 6.45) is 0.625. The van der Waals surface area contributed by atoms with Crippen molar-refractivity contribution in [2.45, 2.75) is 37.3 Å². The van der Waals surface area contributed by atoms with E-state index in [0.29, 0.717) is 6.42 Å². The van der Waals surface area contributed by atoms with Crippen molar-refractivity contribution in [2.75, 3.05) is 0 Å². The molecule has 3 heteroatoms. The van der Waals surface area contributed by atoms with Crippen molar-refractivity contribution in [1.29, 1.82) is 0 Å². The monoisotopic (exact) mass is 130 g/mol. The molecule has 0 spiro atoms. The molecule has 3 nitrogen and oxygen atoms in total. The fraction of sp³-hybridized carbons (Fsp3) is 1.00. The van der Waals surface area contributed by atoms with Gasteiger partial charge in [0.1, 0.15) is 12.2 Å². The molecular weight excluding hydrogens is 120 g/mol. The van der Waals surface area contributed by atoms with E-state index in [1.807, 2.05) is 0 Å². The zero-order valence-corrected chi connectivity index (χ0v) is 5.03. The Bertz CT molecular complexity index is 123. The maximum atomic E-state index is 9.11. The molecule has 2 N–H and O–H groups in total. The molecular formula is C6H10O3. The maximum absolute atomic E-state index is 9.11. The standard InChI is InChI=1S/C6H10O3/c7-3-1-2-4-6(9-4)5(3)8/h3-8H,1-2H2. The van der Waals surface area contributed by atoms with Crippen LogP contribution in [-0.4, -0.2) is 34.6 Å². The van der Waals surface area contributed by atoms with Crippen molar-refractivity contribution in [3.8, 4) is 0 Å². The number of fused-ring (bicyclic) bond motifs is 1. The average Bonchev–Trinajstić information content (AvgIpc) is 2.58. The zero-order chi connectivity index (χ0) is 6.43.